The van der Waals surface area contributed by atoms with E-state index in [-0.39, 0.29) is 5.78 Å². The van der Waals surface area contributed by atoms with Crippen LogP contribution in [-0.4, -0.2) is 23.8 Å². The SMILES string of the molecule is Cc1ccc(Br)cc1C(=O)C#CN1CCCCC1. The first-order chi connectivity index (χ1) is 8.66. The molecule has 0 aromatic heterocycles. The van der Waals surface area contributed by atoms with Gasteiger partial charge in [-0.15, -0.1) is 0 Å². The van der Waals surface area contributed by atoms with E-state index in [0.717, 1.165) is 23.1 Å². The number of piperidine rings is 1. The van der Waals surface area contributed by atoms with Crippen molar-refractivity contribution < 1.29 is 4.79 Å². The van der Waals surface area contributed by atoms with Crippen LogP contribution in [0, 0.1) is 18.9 Å². The molecule has 0 bridgehead atoms. The van der Waals surface area contributed by atoms with Gasteiger partial charge in [0.1, 0.15) is 0 Å². The van der Waals surface area contributed by atoms with Gasteiger partial charge in [-0.05, 0) is 49.8 Å². The highest BCUT2D eigenvalue weighted by molar-refractivity contribution is 9.10. The standard InChI is InChI=1S/C15H16BrNO/c1-12-5-6-13(16)11-14(12)15(18)7-10-17-8-3-2-4-9-17/h5-6,11H,2-4,8-9H2,1H3. The van der Waals surface area contributed by atoms with E-state index in [1.807, 2.05) is 25.1 Å². The maximum absolute atomic E-state index is 12.0. The summed E-state index contributed by atoms with van der Waals surface area (Å²) in [6.45, 7) is 3.90. The Bertz CT molecular complexity index is 507. The molecule has 1 aliphatic rings. The van der Waals surface area contributed by atoms with Crippen molar-refractivity contribution in [3.8, 4) is 12.0 Å². The monoisotopic (exact) mass is 305 g/mol. The van der Waals surface area contributed by atoms with Gasteiger partial charge in [0.15, 0.2) is 0 Å². The normalized spacial score (nSPS) is 14.9. The number of carbonyl (C=O) groups excluding carboxylic acids is 1. The van der Waals surface area contributed by atoms with Gasteiger partial charge in [0.25, 0.3) is 0 Å². The number of ketones is 1. The first-order valence-electron chi connectivity index (χ1n) is 6.24. The molecule has 2 rings (SSSR count). The topological polar surface area (TPSA) is 20.3 Å². The van der Waals surface area contributed by atoms with Crippen LogP contribution in [0.15, 0.2) is 22.7 Å². The second-order valence-corrected chi connectivity index (χ2v) is 5.49. The van der Waals surface area contributed by atoms with E-state index in [1.54, 1.807) is 0 Å². The Labute approximate surface area is 116 Å². The summed E-state index contributed by atoms with van der Waals surface area (Å²) in [5.41, 5.74) is 1.66. The Morgan fingerprint density at radius 2 is 2.00 bits per heavy atom. The zero-order valence-corrected chi connectivity index (χ0v) is 12.1. The number of likely N-dealkylation sites (tertiary alicyclic amines) is 1. The molecule has 1 aromatic rings. The molecule has 1 aromatic carbocycles. The number of aryl methyl sites for hydroxylation is 1. The molecular weight excluding hydrogens is 290 g/mol. The number of hydrogen-bond donors (Lipinski definition) is 0. The summed E-state index contributed by atoms with van der Waals surface area (Å²) in [5, 5.41) is 0. The van der Waals surface area contributed by atoms with Crippen molar-refractivity contribution in [1.29, 1.82) is 0 Å². The lowest BCUT2D eigenvalue weighted by Gasteiger charge is -2.21. The smallest absolute Gasteiger partial charge is 0.237 e. The second-order valence-electron chi connectivity index (χ2n) is 4.57. The molecule has 0 amide bonds. The van der Waals surface area contributed by atoms with E-state index >= 15 is 0 Å². The van der Waals surface area contributed by atoms with Gasteiger partial charge in [-0.25, -0.2) is 0 Å². The molecule has 1 fully saturated rings. The zero-order chi connectivity index (χ0) is 13.0. The molecule has 0 aliphatic carbocycles. The van der Waals surface area contributed by atoms with Crippen LogP contribution in [-0.2, 0) is 0 Å². The fraction of sp³-hybridized carbons (Fsp3) is 0.400. The van der Waals surface area contributed by atoms with E-state index in [0.29, 0.717) is 5.56 Å². The first-order valence-corrected chi connectivity index (χ1v) is 7.03. The lowest BCUT2D eigenvalue weighted by molar-refractivity contribution is 0.105. The minimum absolute atomic E-state index is 0.0978. The van der Waals surface area contributed by atoms with Crippen LogP contribution in [0.4, 0.5) is 0 Å². The van der Waals surface area contributed by atoms with E-state index in [9.17, 15) is 4.79 Å². The van der Waals surface area contributed by atoms with Crippen molar-refractivity contribution in [2.75, 3.05) is 13.1 Å². The zero-order valence-electron chi connectivity index (χ0n) is 10.5. The highest BCUT2D eigenvalue weighted by Crippen LogP contribution is 2.16. The highest BCUT2D eigenvalue weighted by Gasteiger charge is 2.09. The van der Waals surface area contributed by atoms with Gasteiger partial charge in [0.05, 0.1) is 0 Å². The Kier molecular flexibility index (Phi) is 4.43. The summed E-state index contributed by atoms with van der Waals surface area (Å²) in [7, 11) is 0. The summed E-state index contributed by atoms with van der Waals surface area (Å²) in [4.78, 5) is 14.1. The Morgan fingerprint density at radius 1 is 1.28 bits per heavy atom. The molecule has 18 heavy (non-hydrogen) atoms. The van der Waals surface area contributed by atoms with Gasteiger partial charge < -0.3 is 4.90 Å². The maximum Gasteiger partial charge on any atom is 0.237 e. The molecule has 1 saturated heterocycles. The number of rotatable bonds is 1. The minimum Gasteiger partial charge on any atom is -0.332 e. The summed E-state index contributed by atoms with van der Waals surface area (Å²) in [6.07, 6.45) is 3.63. The number of halogens is 1. The third kappa shape index (κ3) is 3.36. The molecule has 3 heteroatoms. The van der Waals surface area contributed by atoms with Crippen molar-refractivity contribution in [2.45, 2.75) is 26.2 Å². The lowest BCUT2D eigenvalue weighted by atomic mass is 10.1. The van der Waals surface area contributed by atoms with Crippen LogP contribution in [0.25, 0.3) is 0 Å². The van der Waals surface area contributed by atoms with Gasteiger partial charge in [-0.1, -0.05) is 22.0 Å². The van der Waals surface area contributed by atoms with Crippen molar-refractivity contribution >= 4 is 21.7 Å². The fourth-order valence-electron chi connectivity index (χ4n) is 2.04. The lowest BCUT2D eigenvalue weighted by Crippen LogP contribution is -2.25. The predicted molar refractivity (Wildman–Crippen MR) is 76.4 cm³/mol. The Hall–Kier alpha value is -1.27. The van der Waals surface area contributed by atoms with Crippen LogP contribution in [0.3, 0.4) is 0 Å². The minimum atomic E-state index is -0.0978. The largest absolute Gasteiger partial charge is 0.332 e. The Morgan fingerprint density at radius 3 is 2.72 bits per heavy atom. The van der Waals surface area contributed by atoms with E-state index < -0.39 is 0 Å². The molecule has 2 nitrogen and oxygen atoms in total. The molecule has 1 aliphatic heterocycles. The van der Waals surface area contributed by atoms with Crippen molar-refractivity contribution in [1.82, 2.24) is 4.90 Å². The summed E-state index contributed by atoms with van der Waals surface area (Å²) in [6, 6.07) is 8.69. The third-order valence-corrected chi connectivity index (χ3v) is 3.62. The average molecular weight is 306 g/mol. The van der Waals surface area contributed by atoms with Crippen LogP contribution in [0.2, 0.25) is 0 Å². The summed E-state index contributed by atoms with van der Waals surface area (Å²) < 4.78 is 0.913. The van der Waals surface area contributed by atoms with E-state index in [2.05, 4.69) is 32.8 Å². The molecule has 0 atom stereocenters. The molecular formula is C15H16BrNO. The number of Topliss-reactive ketones (excluding diaryl/α,β-unsaturated/α-hetero) is 1. The Balaban J connectivity index is 2.11. The summed E-state index contributed by atoms with van der Waals surface area (Å²) in [5.74, 6) is 2.66. The van der Waals surface area contributed by atoms with Crippen LogP contribution in [0.5, 0.6) is 0 Å². The molecule has 0 saturated carbocycles. The second kappa shape index (κ2) is 6.06. The predicted octanol–water partition coefficient (Wildman–Crippen LogP) is 3.39. The van der Waals surface area contributed by atoms with Crippen LogP contribution >= 0.6 is 15.9 Å². The van der Waals surface area contributed by atoms with Gasteiger partial charge in [0.2, 0.25) is 5.78 Å². The quantitative estimate of drug-likeness (QED) is 0.585. The van der Waals surface area contributed by atoms with Crippen molar-refractivity contribution in [3.05, 3.63) is 33.8 Å². The van der Waals surface area contributed by atoms with E-state index in [4.69, 9.17) is 0 Å². The molecule has 94 valence electrons. The number of nitrogens with zero attached hydrogens (tertiary/aromatic N) is 1. The van der Waals surface area contributed by atoms with Crippen molar-refractivity contribution in [3.63, 3.8) is 0 Å². The number of hydrogen-bond acceptors (Lipinski definition) is 2. The third-order valence-electron chi connectivity index (χ3n) is 3.13. The van der Waals surface area contributed by atoms with E-state index in [1.165, 1.54) is 19.3 Å². The van der Waals surface area contributed by atoms with Crippen LogP contribution < -0.4 is 0 Å². The molecule has 0 unspecified atom stereocenters. The highest BCUT2D eigenvalue weighted by atomic mass is 79.9. The van der Waals surface area contributed by atoms with Crippen molar-refractivity contribution in [2.24, 2.45) is 0 Å². The van der Waals surface area contributed by atoms with Gasteiger partial charge in [-0.2, -0.15) is 0 Å². The molecule has 0 N–H and O–H groups in total. The number of carbonyl (C=O) groups is 1. The fourth-order valence-corrected chi connectivity index (χ4v) is 2.40. The van der Waals surface area contributed by atoms with Gasteiger partial charge in [-0.3, -0.25) is 4.79 Å². The first kappa shape index (κ1) is 13.2. The average Bonchev–Trinajstić information content (AvgIpc) is 2.40. The summed E-state index contributed by atoms with van der Waals surface area (Å²) >= 11 is 3.38. The molecule has 1 heterocycles. The molecule has 0 spiro atoms. The van der Waals surface area contributed by atoms with Gasteiger partial charge >= 0.3 is 0 Å². The van der Waals surface area contributed by atoms with Crippen LogP contribution in [0.1, 0.15) is 35.2 Å². The van der Waals surface area contributed by atoms with Gasteiger partial charge in [0, 0.05) is 29.2 Å². The maximum atomic E-state index is 12.0. The number of benzene rings is 1. The molecule has 0 radical (unpaired) electrons.